The van der Waals surface area contributed by atoms with Crippen molar-refractivity contribution in [3.63, 3.8) is 0 Å². The van der Waals surface area contributed by atoms with Crippen molar-refractivity contribution < 1.29 is 26.6 Å². The Bertz CT molecular complexity index is 143. The molecule has 0 spiro atoms. The van der Waals surface area contributed by atoms with Gasteiger partial charge >= 0.3 is 0 Å². The highest BCUT2D eigenvalue weighted by Gasteiger charge is 2.42. The Morgan fingerprint density at radius 2 is 1.82 bits per heavy atom. The molecule has 11 heavy (non-hydrogen) atoms. The van der Waals surface area contributed by atoms with E-state index >= 15 is 0 Å². The lowest BCUT2D eigenvalue weighted by atomic mass is 9.84. The second kappa shape index (κ2) is 3.04. The van der Waals surface area contributed by atoms with Gasteiger partial charge in [0.25, 0.3) is 0 Å². The molecular formula is C8H16BrNO. The molecule has 3 rings (SSSR count). The molecule has 1 atom stereocenters. The van der Waals surface area contributed by atoms with Crippen LogP contribution >= 0.6 is 0 Å². The maximum absolute atomic E-state index is 9.55. The minimum atomic E-state index is 0. The van der Waals surface area contributed by atoms with E-state index in [1.165, 1.54) is 25.9 Å². The molecule has 66 valence electrons. The van der Waals surface area contributed by atoms with Gasteiger partial charge < -0.3 is 26.6 Å². The van der Waals surface area contributed by atoms with Crippen LogP contribution in [0, 0.1) is 5.92 Å². The van der Waals surface area contributed by atoms with Crippen LogP contribution < -0.4 is 17.0 Å². The highest BCUT2D eigenvalue weighted by Crippen LogP contribution is 2.31. The zero-order valence-electron chi connectivity index (χ0n) is 6.96. The number of rotatable bonds is 0. The van der Waals surface area contributed by atoms with Crippen LogP contribution in [0.1, 0.15) is 12.8 Å². The number of hydrogen-bond donors (Lipinski definition) is 1. The second-order valence-electron chi connectivity index (χ2n) is 4.15. The summed E-state index contributed by atoms with van der Waals surface area (Å²) in [4.78, 5) is 0. The van der Waals surface area contributed by atoms with E-state index < -0.39 is 0 Å². The Labute approximate surface area is 78.6 Å². The van der Waals surface area contributed by atoms with Gasteiger partial charge in [-0.2, -0.15) is 0 Å². The van der Waals surface area contributed by atoms with Crippen LogP contribution in [-0.4, -0.2) is 42.4 Å². The second-order valence-corrected chi connectivity index (χ2v) is 4.15. The van der Waals surface area contributed by atoms with E-state index in [0.29, 0.717) is 5.92 Å². The molecule has 0 aromatic heterocycles. The third-order valence-electron chi connectivity index (χ3n) is 3.25. The van der Waals surface area contributed by atoms with Gasteiger partial charge in [0.15, 0.2) is 0 Å². The van der Waals surface area contributed by atoms with E-state index in [-0.39, 0.29) is 23.1 Å². The molecule has 1 N–H and O–H groups in total. The fourth-order valence-corrected chi connectivity index (χ4v) is 2.38. The summed E-state index contributed by atoms with van der Waals surface area (Å²) < 4.78 is 1.12. The van der Waals surface area contributed by atoms with Gasteiger partial charge in [0, 0.05) is 18.8 Å². The largest absolute Gasteiger partial charge is 1.00 e. The number of piperidine rings is 3. The summed E-state index contributed by atoms with van der Waals surface area (Å²) >= 11 is 0. The summed E-state index contributed by atoms with van der Waals surface area (Å²) in [5.74, 6) is 0.639. The molecule has 0 aromatic carbocycles. The monoisotopic (exact) mass is 221 g/mol. The molecule has 0 aromatic rings. The molecule has 3 aliphatic rings. The van der Waals surface area contributed by atoms with Gasteiger partial charge in [-0.25, -0.2) is 0 Å². The zero-order chi connectivity index (χ0) is 7.19. The molecule has 0 aliphatic carbocycles. The lowest BCUT2D eigenvalue weighted by Crippen LogP contribution is -3.00. The van der Waals surface area contributed by atoms with Crippen LogP contribution in [0.4, 0.5) is 0 Å². The Kier molecular flexibility index (Phi) is 2.62. The first-order chi connectivity index (χ1) is 4.70. The smallest absolute Gasteiger partial charge is 0.106 e. The zero-order valence-corrected chi connectivity index (χ0v) is 8.55. The van der Waals surface area contributed by atoms with Gasteiger partial charge in [-0.3, -0.25) is 0 Å². The third kappa shape index (κ3) is 1.60. The van der Waals surface area contributed by atoms with Crippen LogP contribution in [0.25, 0.3) is 0 Å². The molecule has 3 aliphatic heterocycles. The predicted octanol–water partition coefficient (Wildman–Crippen LogP) is -2.78. The quantitative estimate of drug-likeness (QED) is 0.440. The van der Waals surface area contributed by atoms with Crippen LogP contribution in [0.3, 0.4) is 0 Å². The Morgan fingerprint density at radius 1 is 1.27 bits per heavy atom. The average Bonchev–Trinajstić information content (AvgIpc) is 1.87. The summed E-state index contributed by atoms with van der Waals surface area (Å²) in [6.07, 6.45) is 2.50. The lowest BCUT2D eigenvalue weighted by molar-refractivity contribution is -0.928. The summed E-state index contributed by atoms with van der Waals surface area (Å²) in [6, 6.07) is 0. The van der Waals surface area contributed by atoms with E-state index in [4.69, 9.17) is 0 Å². The van der Waals surface area contributed by atoms with E-state index in [1.807, 2.05) is 0 Å². The van der Waals surface area contributed by atoms with Gasteiger partial charge in [-0.15, -0.1) is 0 Å². The molecule has 2 bridgehead atoms. The summed E-state index contributed by atoms with van der Waals surface area (Å²) in [5.41, 5.74) is 0. The van der Waals surface area contributed by atoms with Gasteiger partial charge in [0.05, 0.1) is 20.1 Å². The Balaban J connectivity index is 0.000000605. The van der Waals surface area contributed by atoms with Crippen LogP contribution in [-0.2, 0) is 0 Å². The highest BCUT2D eigenvalue weighted by atomic mass is 79.9. The van der Waals surface area contributed by atoms with Crippen molar-refractivity contribution in [3.05, 3.63) is 0 Å². The molecule has 0 amide bonds. The first kappa shape index (κ1) is 9.49. The number of aliphatic hydroxyl groups excluding tert-OH is 1. The summed E-state index contributed by atoms with van der Waals surface area (Å²) in [7, 11) is 2.26. The molecule has 3 heterocycles. The van der Waals surface area contributed by atoms with E-state index in [1.54, 1.807) is 0 Å². The Hall–Kier alpha value is 0.400. The van der Waals surface area contributed by atoms with Crippen molar-refractivity contribution >= 4 is 0 Å². The number of quaternary nitrogens is 1. The molecule has 1 unspecified atom stereocenters. The fraction of sp³-hybridized carbons (Fsp3) is 1.00. The molecular weight excluding hydrogens is 206 g/mol. The van der Waals surface area contributed by atoms with Crippen molar-refractivity contribution in [1.82, 2.24) is 0 Å². The Morgan fingerprint density at radius 3 is 2.09 bits per heavy atom. The van der Waals surface area contributed by atoms with Gasteiger partial charge in [-0.1, -0.05) is 0 Å². The summed E-state index contributed by atoms with van der Waals surface area (Å²) in [6.45, 7) is 3.59. The number of aliphatic hydroxyl groups is 1. The van der Waals surface area contributed by atoms with E-state index in [2.05, 4.69) is 7.05 Å². The van der Waals surface area contributed by atoms with Crippen molar-refractivity contribution in [2.24, 2.45) is 5.92 Å². The van der Waals surface area contributed by atoms with Crippen molar-refractivity contribution in [2.75, 3.05) is 26.7 Å². The highest BCUT2D eigenvalue weighted by molar-refractivity contribution is 4.78. The third-order valence-corrected chi connectivity index (χ3v) is 3.25. The number of halogens is 1. The molecule has 3 heteroatoms. The number of fused-ring (bicyclic) bond motifs is 3. The molecule has 0 radical (unpaired) electrons. The number of likely N-dealkylation sites (N-methyl/N-ethyl adjacent to an activating group) is 1. The van der Waals surface area contributed by atoms with Crippen molar-refractivity contribution in [2.45, 2.75) is 18.9 Å². The normalized spacial score (nSPS) is 48.5. The van der Waals surface area contributed by atoms with E-state index in [0.717, 1.165) is 11.0 Å². The standard InChI is InChI=1S/C8H16NO.BrH/c1-9-4-2-7(3-5-9)8(10)6-9;/h7-8,10H,2-6H2,1H3;1H/q+1;/p-1. The van der Waals surface area contributed by atoms with Crippen LogP contribution in [0.2, 0.25) is 0 Å². The molecule has 3 fully saturated rings. The minimum Gasteiger partial charge on any atom is -1.00 e. The first-order valence-electron chi connectivity index (χ1n) is 4.21. The molecule has 0 saturated carbocycles. The predicted molar refractivity (Wildman–Crippen MR) is 39.5 cm³/mol. The average molecular weight is 222 g/mol. The van der Waals surface area contributed by atoms with Crippen LogP contribution in [0.5, 0.6) is 0 Å². The molecule has 2 nitrogen and oxygen atoms in total. The number of nitrogens with zero attached hydrogens (tertiary/aromatic N) is 1. The van der Waals surface area contributed by atoms with Crippen LogP contribution in [0.15, 0.2) is 0 Å². The van der Waals surface area contributed by atoms with Gasteiger partial charge in [0.1, 0.15) is 12.6 Å². The van der Waals surface area contributed by atoms with Crippen molar-refractivity contribution in [3.8, 4) is 0 Å². The van der Waals surface area contributed by atoms with Gasteiger partial charge in [-0.05, 0) is 0 Å². The van der Waals surface area contributed by atoms with Crippen molar-refractivity contribution in [1.29, 1.82) is 0 Å². The number of hydrogen-bond acceptors (Lipinski definition) is 1. The molecule has 3 saturated heterocycles. The van der Waals surface area contributed by atoms with E-state index in [9.17, 15) is 5.11 Å². The summed E-state index contributed by atoms with van der Waals surface area (Å²) in [5, 5.41) is 9.55. The fourth-order valence-electron chi connectivity index (χ4n) is 2.38. The lowest BCUT2D eigenvalue weighted by Gasteiger charge is -2.48. The first-order valence-corrected chi connectivity index (χ1v) is 4.21. The SMILES string of the molecule is C[N+]12CCC(CC1)C(O)C2.[Br-]. The minimum absolute atomic E-state index is 0. The topological polar surface area (TPSA) is 20.2 Å². The van der Waals surface area contributed by atoms with Gasteiger partial charge in [0.2, 0.25) is 0 Å². The maximum atomic E-state index is 9.55. The maximum Gasteiger partial charge on any atom is 0.106 e.